The van der Waals surface area contributed by atoms with Crippen LogP contribution in [0.3, 0.4) is 0 Å². The van der Waals surface area contributed by atoms with Gasteiger partial charge in [-0.2, -0.15) is 0 Å². The van der Waals surface area contributed by atoms with Crippen molar-refractivity contribution in [2.45, 2.75) is 25.7 Å². The van der Waals surface area contributed by atoms with E-state index in [-0.39, 0.29) is 11.7 Å². The average Bonchev–Trinajstić information content (AvgIpc) is 2.48. The van der Waals surface area contributed by atoms with Crippen LogP contribution >= 0.6 is 11.6 Å². The maximum Gasteiger partial charge on any atom is 0.156 e. The van der Waals surface area contributed by atoms with E-state index in [4.69, 9.17) is 11.6 Å². The van der Waals surface area contributed by atoms with Gasteiger partial charge in [-0.05, 0) is 54.2 Å². The van der Waals surface area contributed by atoms with Gasteiger partial charge in [-0.1, -0.05) is 53.6 Å². The standard InChI is InChI=1S/C19H17ClO/c1-13-2-4-14(5-3-13)16-10-17(12-19(21)11-16)15-6-8-18(20)9-7-15/h2-9,11,17H,10,12H2,1H3/t17-/m1/s1. The number of hydrogen-bond acceptors (Lipinski definition) is 1. The molecular formula is C19H17ClO. The van der Waals surface area contributed by atoms with Crippen LogP contribution in [0, 0.1) is 6.92 Å². The molecule has 2 aromatic carbocycles. The number of ketones is 1. The first-order chi connectivity index (χ1) is 10.1. The Balaban J connectivity index is 1.88. The highest BCUT2D eigenvalue weighted by Gasteiger charge is 2.22. The number of rotatable bonds is 2. The molecule has 1 aliphatic rings. The van der Waals surface area contributed by atoms with Crippen LogP contribution in [-0.4, -0.2) is 5.78 Å². The highest BCUT2D eigenvalue weighted by molar-refractivity contribution is 6.30. The van der Waals surface area contributed by atoms with E-state index < -0.39 is 0 Å². The van der Waals surface area contributed by atoms with E-state index in [1.807, 2.05) is 24.3 Å². The van der Waals surface area contributed by atoms with Gasteiger partial charge in [0.15, 0.2) is 5.78 Å². The number of halogens is 1. The first-order valence-corrected chi connectivity index (χ1v) is 7.55. The molecule has 0 saturated heterocycles. The van der Waals surface area contributed by atoms with Gasteiger partial charge >= 0.3 is 0 Å². The Morgan fingerprint density at radius 3 is 2.29 bits per heavy atom. The highest BCUT2D eigenvalue weighted by atomic mass is 35.5. The number of carbonyl (C=O) groups is 1. The number of hydrogen-bond donors (Lipinski definition) is 0. The maximum atomic E-state index is 12.1. The molecule has 0 N–H and O–H groups in total. The van der Waals surface area contributed by atoms with Crippen molar-refractivity contribution >= 4 is 23.0 Å². The fourth-order valence-electron chi connectivity index (χ4n) is 2.83. The third kappa shape index (κ3) is 3.25. The Morgan fingerprint density at radius 1 is 0.952 bits per heavy atom. The largest absolute Gasteiger partial charge is 0.295 e. The molecule has 3 rings (SSSR count). The van der Waals surface area contributed by atoms with Gasteiger partial charge in [0, 0.05) is 11.4 Å². The Kier molecular flexibility index (Phi) is 3.94. The maximum absolute atomic E-state index is 12.1. The Morgan fingerprint density at radius 2 is 1.62 bits per heavy atom. The lowest BCUT2D eigenvalue weighted by Gasteiger charge is -2.23. The number of aryl methyl sites for hydroxylation is 1. The first kappa shape index (κ1) is 14.1. The van der Waals surface area contributed by atoms with E-state index in [1.54, 1.807) is 6.08 Å². The second kappa shape index (κ2) is 5.87. The summed E-state index contributed by atoms with van der Waals surface area (Å²) in [6.45, 7) is 2.07. The lowest BCUT2D eigenvalue weighted by Crippen LogP contribution is -2.12. The molecule has 0 aromatic heterocycles. The summed E-state index contributed by atoms with van der Waals surface area (Å²) in [5.41, 5.74) is 4.69. The highest BCUT2D eigenvalue weighted by Crippen LogP contribution is 2.36. The Labute approximate surface area is 130 Å². The topological polar surface area (TPSA) is 17.1 Å². The van der Waals surface area contributed by atoms with Crippen LogP contribution in [0.25, 0.3) is 5.57 Å². The molecule has 1 aliphatic carbocycles. The van der Waals surface area contributed by atoms with Crippen molar-refractivity contribution in [2.24, 2.45) is 0 Å². The molecule has 0 bridgehead atoms. The molecule has 0 unspecified atom stereocenters. The molecule has 0 amide bonds. The fourth-order valence-corrected chi connectivity index (χ4v) is 2.96. The number of benzene rings is 2. The summed E-state index contributed by atoms with van der Waals surface area (Å²) in [7, 11) is 0. The number of carbonyl (C=O) groups excluding carboxylic acids is 1. The molecule has 2 aromatic rings. The van der Waals surface area contributed by atoms with Gasteiger partial charge in [0.25, 0.3) is 0 Å². The average molecular weight is 297 g/mol. The Bertz CT molecular complexity index is 681. The van der Waals surface area contributed by atoms with Crippen LogP contribution in [0.15, 0.2) is 54.6 Å². The molecule has 1 nitrogen and oxygen atoms in total. The van der Waals surface area contributed by atoms with Crippen LogP contribution in [0.4, 0.5) is 0 Å². The van der Waals surface area contributed by atoms with Gasteiger partial charge in [-0.15, -0.1) is 0 Å². The second-order valence-corrected chi connectivity index (χ2v) is 6.10. The van der Waals surface area contributed by atoms with Crippen molar-refractivity contribution in [1.82, 2.24) is 0 Å². The van der Waals surface area contributed by atoms with Crippen LogP contribution < -0.4 is 0 Å². The normalized spacial score (nSPS) is 18.5. The van der Waals surface area contributed by atoms with E-state index in [0.29, 0.717) is 6.42 Å². The lowest BCUT2D eigenvalue weighted by atomic mass is 9.81. The van der Waals surface area contributed by atoms with E-state index in [2.05, 4.69) is 31.2 Å². The van der Waals surface area contributed by atoms with Crippen molar-refractivity contribution in [1.29, 1.82) is 0 Å². The molecule has 21 heavy (non-hydrogen) atoms. The molecule has 0 radical (unpaired) electrons. The SMILES string of the molecule is Cc1ccc(C2=CC(=O)C[C@H](c3ccc(Cl)cc3)C2)cc1. The second-order valence-electron chi connectivity index (χ2n) is 5.66. The van der Waals surface area contributed by atoms with Crippen LogP contribution in [0.5, 0.6) is 0 Å². The fraction of sp³-hybridized carbons (Fsp3) is 0.211. The van der Waals surface area contributed by atoms with Crippen LogP contribution in [0.1, 0.15) is 35.4 Å². The summed E-state index contributed by atoms with van der Waals surface area (Å²) in [6.07, 6.45) is 3.28. The summed E-state index contributed by atoms with van der Waals surface area (Å²) >= 11 is 5.94. The molecule has 1 atom stereocenters. The third-order valence-corrected chi connectivity index (χ3v) is 4.26. The van der Waals surface area contributed by atoms with Crippen molar-refractivity contribution in [2.75, 3.05) is 0 Å². The minimum Gasteiger partial charge on any atom is -0.295 e. The molecule has 2 heteroatoms. The van der Waals surface area contributed by atoms with E-state index in [1.165, 1.54) is 11.1 Å². The molecule has 0 spiro atoms. The lowest BCUT2D eigenvalue weighted by molar-refractivity contribution is -0.115. The monoisotopic (exact) mass is 296 g/mol. The minimum atomic E-state index is 0.205. The summed E-state index contributed by atoms with van der Waals surface area (Å²) in [5, 5.41) is 0.732. The summed E-state index contributed by atoms with van der Waals surface area (Å²) in [6, 6.07) is 16.2. The van der Waals surface area contributed by atoms with Crippen molar-refractivity contribution in [3.8, 4) is 0 Å². The number of allylic oxidation sites excluding steroid dienone is 2. The zero-order chi connectivity index (χ0) is 14.8. The van der Waals surface area contributed by atoms with E-state index >= 15 is 0 Å². The quantitative estimate of drug-likeness (QED) is 0.746. The predicted molar refractivity (Wildman–Crippen MR) is 87.6 cm³/mol. The van der Waals surface area contributed by atoms with Crippen molar-refractivity contribution in [3.05, 3.63) is 76.3 Å². The summed E-state index contributed by atoms with van der Waals surface area (Å²) in [4.78, 5) is 12.1. The van der Waals surface area contributed by atoms with Gasteiger partial charge in [0.1, 0.15) is 0 Å². The molecule has 0 heterocycles. The van der Waals surface area contributed by atoms with Crippen molar-refractivity contribution in [3.63, 3.8) is 0 Å². The molecule has 0 saturated carbocycles. The van der Waals surface area contributed by atoms with Crippen LogP contribution in [0.2, 0.25) is 5.02 Å². The van der Waals surface area contributed by atoms with Gasteiger partial charge in [-0.25, -0.2) is 0 Å². The van der Waals surface area contributed by atoms with Crippen LogP contribution in [-0.2, 0) is 4.79 Å². The van der Waals surface area contributed by atoms with Gasteiger partial charge < -0.3 is 0 Å². The molecule has 106 valence electrons. The Hall–Kier alpha value is -1.86. The minimum absolute atomic E-state index is 0.205. The summed E-state index contributed by atoms with van der Waals surface area (Å²) in [5.74, 6) is 0.452. The van der Waals surface area contributed by atoms with Gasteiger partial charge in [0.05, 0.1) is 0 Å². The van der Waals surface area contributed by atoms with Gasteiger partial charge in [-0.3, -0.25) is 4.79 Å². The van der Waals surface area contributed by atoms with Crippen molar-refractivity contribution < 1.29 is 4.79 Å². The molecular weight excluding hydrogens is 280 g/mol. The van der Waals surface area contributed by atoms with E-state index in [9.17, 15) is 4.79 Å². The predicted octanol–water partition coefficient (Wildman–Crippen LogP) is 5.18. The zero-order valence-electron chi connectivity index (χ0n) is 12.0. The molecule has 0 aliphatic heterocycles. The molecule has 0 fully saturated rings. The van der Waals surface area contributed by atoms with Gasteiger partial charge in [0.2, 0.25) is 0 Å². The zero-order valence-corrected chi connectivity index (χ0v) is 12.7. The first-order valence-electron chi connectivity index (χ1n) is 7.18. The summed E-state index contributed by atoms with van der Waals surface area (Å²) < 4.78 is 0. The van der Waals surface area contributed by atoms with E-state index in [0.717, 1.165) is 22.6 Å². The smallest absolute Gasteiger partial charge is 0.156 e. The third-order valence-electron chi connectivity index (χ3n) is 4.01.